The number of rotatable bonds is 3. The third kappa shape index (κ3) is 5.05. The van der Waals surface area contributed by atoms with Gasteiger partial charge in [-0.1, -0.05) is 45.0 Å². The Hall–Kier alpha value is -3.89. The Balaban J connectivity index is 1.77. The predicted octanol–water partition coefficient (Wildman–Crippen LogP) is 7.09. The summed E-state index contributed by atoms with van der Waals surface area (Å²) in [4.78, 5) is 16.7. The quantitative estimate of drug-likeness (QED) is 0.302. The summed E-state index contributed by atoms with van der Waals surface area (Å²) < 4.78 is 82.2. The molecule has 0 aliphatic carbocycles. The van der Waals surface area contributed by atoms with E-state index in [1.807, 2.05) is 0 Å². The highest BCUT2D eigenvalue weighted by Gasteiger charge is 2.35. The molecule has 36 heavy (non-hydrogen) atoms. The van der Waals surface area contributed by atoms with Crippen LogP contribution in [0.15, 0.2) is 60.8 Å². The number of aromatic nitrogens is 3. The number of benzene rings is 2. The number of anilines is 1. The summed E-state index contributed by atoms with van der Waals surface area (Å²) in [6.07, 6.45) is -7.89. The van der Waals surface area contributed by atoms with Crippen LogP contribution >= 0.6 is 0 Å². The average Bonchev–Trinajstić information content (AvgIpc) is 3.20. The van der Waals surface area contributed by atoms with Crippen LogP contribution in [0.25, 0.3) is 28.2 Å². The van der Waals surface area contributed by atoms with Gasteiger partial charge in [-0.2, -0.15) is 31.4 Å². The summed E-state index contributed by atoms with van der Waals surface area (Å²) in [5.41, 5.74) is -2.54. The van der Waals surface area contributed by atoms with Crippen LogP contribution in [0.1, 0.15) is 31.9 Å². The molecule has 0 unspecified atom stereocenters. The first-order valence-corrected chi connectivity index (χ1v) is 10.7. The second kappa shape index (κ2) is 8.65. The third-order valence-electron chi connectivity index (χ3n) is 5.38. The Morgan fingerprint density at radius 2 is 1.50 bits per heavy atom. The zero-order valence-corrected chi connectivity index (χ0v) is 19.3. The maximum absolute atomic E-state index is 13.6. The molecule has 0 spiro atoms. The molecule has 0 bridgehead atoms. The minimum atomic E-state index is -4.71. The van der Waals surface area contributed by atoms with Gasteiger partial charge in [0.15, 0.2) is 5.65 Å². The molecule has 0 saturated heterocycles. The highest BCUT2D eigenvalue weighted by molar-refractivity contribution is 5.96. The number of nitrogens with zero attached hydrogens (tertiary/aromatic N) is 3. The van der Waals surface area contributed by atoms with Crippen molar-refractivity contribution in [2.24, 2.45) is 5.41 Å². The Bertz CT molecular complexity index is 1450. The number of halogens is 6. The first-order valence-electron chi connectivity index (χ1n) is 10.7. The Kier molecular flexibility index (Phi) is 6.06. The number of alkyl halides is 6. The number of carbonyl (C=O) groups is 1. The van der Waals surface area contributed by atoms with E-state index in [1.165, 1.54) is 47.1 Å². The van der Waals surface area contributed by atoms with Gasteiger partial charge in [0.2, 0.25) is 5.91 Å². The maximum atomic E-state index is 13.6. The molecule has 0 radical (unpaired) electrons. The molecule has 11 heteroatoms. The van der Waals surface area contributed by atoms with Gasteiger partial charge in [0.1, 0.15) is 0 Å². The van der Waals surface area contributed by atoms with Gasteiger partial charge in [-0.15, -0.1) is 0 Å². The van der Waals surface area contributed by atoms with E-state index in [0.717, 1.165) is 18.2 Å². The molecular formula is C25H20F6N4O. The second-order valence-corrected chi connectivity index (χ2v) is 9.15. The Morgan fingerprint density at radius 3 is 2.14 bits per heavy atom. The van der Waals surface area contributed by atoms with Gasteiger partial charge < -0.3 is 5.32 Å². The standard InChI is InChI=1S/C25H20F6N4O/c1-23(2,3)22(36)33-19-12-14(8-9-17(19)25(29,30)31)20-13-35-21(32-20)11-10-18(34-35)15-6-4-5-7-16(15)24(26,27)28/h4-13H,1-3H3,(H,33,36). The molecule has 1 amide bonds. The topological polar surface area (TPSA) is 59.3 Å². The third-order valence-corrected chi connectivity index (χ3v) is 5.38. The van der Waals surface area contributed by atoms with E-state index in [4.69, 9.17) is 0 Å². The SMILES string of the molecule is CC(C)(C)C(=O)Nc1cc(-c2cn3nc(-c4ccccc4C(F)(F)F)ccc3n2)ccc1C(F)(F)F. The first kappa shape index (κ1) is 25.2. The minimum Gasteiger partial charge on any atom is -0.325 e. The molecule has 2 aromatic carbocycles. The molecule has 4 rings (SSSR count). The summed E-state index contributed by atoms with van der Waals surface area (Å²) in [5, 5.41) is 6.57. The van der Waals surface area contributed by atoms with Crippen molar-refractivity contribution in [3.63, 3.8) is 0 Å². The number of imidazole rings is 1. The largest absolute Gasteiger partial charge is 0.418 e. The lowest BCUT2D eigenvalue weighted by Crippen LogP contribution is -2.28. The minimum absolute atomic E-state index is 0.0462. The van der Waals surface area contributed by atoms with Crippen molar-refractivity contribution in [1.82, 2.24) is 14.6 Å². The predicted molar refractivity (Wildman–Crippen MR) is 122 cm³/mol. The number of nitrogens with one attached hydrogen (secondary N) is 1. The van der Waals surface area contributed by atoms with Crippen molar-refractivity contribution in [3.8, 4) is 22.5 Å². The van der Waals surface area contributed by atoms with Crippen LogP contribution in [0.4, 0.5) is 32.0 Å². The second-order valence-electron chi connectivity index (χ2n) is 9.15. The molecule has 1 N–H and O–H groups in total. The Morgan fingerprint density at radius 1 is 0.833 bits per heavy atom. The smallest absolute Gasteiger partial charge is 0.325 e. The highest BCUT2D eigenvalue weighted by atomic mass is 19.4. The van der Waals surface area contributed by atoms with Crippen LogP contribution in [0.2, 0.25) is 0 Å². The fourth-order valence-corrected chi connectivity index (χ4v) is 3.48. The van der Waals surface area contributed by atoms with Crippen LogP contribution < -0.4 is 5.32 Å². The molecule has 2 heterocycles. The normalized spacial score (nSPS) is 12.7. The molecular weight excluding hydrogens is 486 g/mol. The number of amides is 1. The van der Waals surface area contributed by atoms with Crippen LogP contribution in [0, 0.1) is 5.41 Å². The number of carbonyl (C=O) groups excluding carboxylic acids is 1. The van der Waals surface area contributed by atoms with Gasteiger partial charge in [0.25, 0.3) is 0 Å². The van der Waals surface area contributed by atoms with Gasteiger partial charge in [0.05, 0.1) is 34.4 Å². The van der Waals surface area contributed by atoms with E-state index in [0.29, 0.717) is 0 Å². The van der Waals surface area contributed by atoms with Crippen LogP contribution in [-0.4, -0.2) is 20.5 Å². The van der Waals surface area contributed by atoms with Gasteiger partial charge in [-0.3, -0.25) is 4.79 Å². The zero-order chi connectivity index (χ0) is 26.5. The molecule has 0 aliphatic rings. The van der Waals surface area contributed by atoms with Gasteiger partial charge in [-0.25, -0.2) is 9.50 Å². The van der Waals surface area contributed by atoms with Gasteiger partial charge in [0, 0.05) is 16.5 Å². The van der Waals surface area contributed by atoms with Crippen molar-refractivity contribution in [3.05, 3.63) is 71.9 Å². The van der Waals surface area contributed by atoms with E-state index in [9.17, 15) is 31.1 Å². The van der Waals surface area contributed by atoms with Crippen LogP contribution in [0.3, 0.4) is 0 Å². The van der Waals surface area contributed by atoms with Crippen molar-refractivity contribution in [1.29, 1.82) is 0 Å². The van der Waals surface area contributed by atoms with Crippen molar-refractivity contribution in [2.75, 3.05) is 5.32 Å². The molecule has 0 fully saturated rings. The molecule has 2 aromatic heterocycles. The fraction of sp³-hybridized carbons (Fsp3) is 0.240. The van der Waals surface area contributed by atoms with Crippen molar-refractivity contribution < 1.29 is 31.1 Å². The van der Waals surface area contributed by atoms with E-state index in [-0.39, 0.29) is 28.2 Å². The van der Waals surface area contributed by atoms with Crippen molar-refractivity contribution in [2.45, 2.75) is 33.1 Å². The van der Waals surface area contributed by atoms with E-state index in [2.05, 4.69) is 15.4 Å². The van der Waals surface area contributed by atoms with Gasteiger partial charge >= 0.3 is 12.4 Å². The zero-order valence-electron chi connectivity index (χ0n) is 19.3. The average molecular weight is 506 g/mol. The fourth-order valence-electron chi connectivity index (χ4n) is 3.48. The molecule has 4 aromatic rings. The summed E-state index contributed by atoms with van der Waals surface area (Å²) >= 11 is 0. The Labute approximate surface area is 201 Å². The lowest BCUT2D eigenvalue weighted by molar-refractivity contribution is -0.138. The van der Waals surface area contributed by atoms with Crippen LogP contribution in [0.5, 0.6) is 0 Å². The molecule has 188 valence electrons. The van der Waals surface area contributed by atoms with E-state index in [1.54, 1.807) is 20.8 Å². The highest BCUT2D eigenvalue weighted by Crippen LogP contribution is 2.38. The number of fused-ring (bicyclic) bond motifs is 1. The van der Waals surface area contributed by atoms with E-state index < -0.39 is 40.5 Å². The summed E-state index contributed by atoms with van der Waals surface area (Å²) in [7, 11) is 0. The monoisotopic (exact) mass is 506 g/mol. The summed E-state index contributed by atoms with van der Waals surface area (Å²) in [6.45, 7) is 4.71. The molecule has 0 aliphatic heterocycles. The van der Waals surface area contributed by atoms with Gasteiger partial charge in [-0.05, 0) is 30.3 Å². The maximum Gasteiger partial charge on any atom is 0.418 e. The lowest BCUT2D eigenvalue weighted by atomic mass is 9.95. The summed E-state index contributed by atoms with van der Waals surface area (Å²) in [5.74, 6) is -0.602. The number of hydrogen-bond donors (Lipinski definition) is 1. The molecule has 0 atom stereocenters. The first-order chi connectivity index (χ1) is 16.6. The van der Waals surface area contributed by atoms with Crippen molar-refractivity contribution >= 4 is 17.2 Å². The summed E-state index contributed by atoms with van der Waals surface area (Å²) in [6, 6.07) is 11.1. The van der Waals surface area contributed by atoms with E-state index >= 15 is 0 Å². The molecule has 5 nitrogen and oxygen atoms in total. The molecule has 0 saturated carbocycles. The number of hydrogen-bond acceptors (Lipinski definition) is 3. The lowest BCUT2D eigenvalue weighted by Gasteiger charge is -2.20. The van der Waals surface area contributed by atoms with Crippen LogP contribution in [-0.2, 0) is 17.1 Å².